The molecule has 1 aromatic carbocycles. The number of morpholine rings is 1. The zero-order chi connectivity index (χ0) is 22.7. The third kappa shape index (κ3) is 5.01. The van der Waals surface area contributed by atoms with Crippen molar-refractivity contribution in [1.29, 1.82) is 0 Å². The summed E-state index contributed by atoms with van der Waals surface area (Å²) in [6, 6.07) is 7.76. The topological polar surface area (TPSA) is 111 Å². The highest BCUT2D eigenvalue weighted by molar-refractivity contribution is 7.93. The SMILES string of the molecule is COC(=O)/C=C/c1ccc(S(=O)(=O)Nc2cc3nc(Cl)nc(N4CCOCC4)c3s2)cc1. The van der Waals surface area contributed by atoms with Crippen LogP contribution in [0.5, 0.6) is 0 Å². The van der Waals surface area contributed by atoms with Gasteiger partial charge in [0.05, 0.1) is 35.4 Å². The molecule has 0 bridgehead atoms. The zero-order valence-electron chi connectivity index (χ0n) is 16.9. The van der Waals surface area contributed by atoms with Crippen LogP contribution in [0.2, 0.25) is 5.28 Å². The summed E-state index contributed by atoms with van der Waals surface area (Å²) < 4.78 is 39.0. The molecule has 168 valence electrons. The van der Waals surface area contributed by atoms with E-state index in [1.807, 2.05) is 0 Å². The van der Waals surface area contributed by atoms with Gasteiger partial charge in [0.15, 0.2) is 5.82 Å². The number of anilines is 2. The molecule has 3 heterocycles. The molecule has 0 amide bonds. The van der Waals surface area contributed by atoms with Crippen LogP contribution < -0.4 is 9.62 Å². The van der Waals surface area contributed by atoms with Gasteiger partial charge in [0, 0.05) is 25.2 Å². The van der Waals surface area contributed by atoms with Gasteiger partial charge in [-0.15, -0.1) is 11.3 Å². The van der Waals surface area contributed by atoms with Crippen LogP contribution in [0.3, 0.4) is 0 Å². The van der Waals surface area contributed by atoms with Crippen molar-refractivity contribution >= 4 is 66.0 Å². The van der Waals surface area contributed by atoms with Crippen molar-refractivity contribution < 1.29 is 22.7 Å². The highest BCUT2D eigenvalue weighted by Gasteiger charge is 2.21. The van der Waals surface area contributed by atoms with Gasteiger partial charge in [0.25, 0.3) is 10.0 Å². The van der Waals surface area contributed by atoms with E-state index in [9.17, 15) is 13.2 Å². The van der Waals surface area contributed by atoms with Gasteiger partial charge < -0.3 is 14.4 Å². The number of halogens is 1. The van der Waals surface area contributed by atoms with Crippen molar-refractivity contribution in [2.45, 2.75) is 4.90 Å². The molecule has 0 spiro atoms. The number of nitrogens with one attached hydrogen (secondary N) is 1. The number of hydrogen-bond acceptors (Lipinski definition) is 9. The van der Waals surface area contributed by atoms with Crippen LogP contribution in [0.4, 0.5) is 10.8 Å². The Morgan fingerprint density at radius 2 is 1.97 bits per heavy atom. The van der Waals surface area contributed by atoms with Crippen molar-refractivity contribution in [1.82, 2.24) is 9.97 Å². The largest absolute Gasteiger partial charge is 0.466 e. The molecule has 0 aliphatic carbocycles. The highest BCUT2D eigenvalue weighted by Crippen LogP contribution is 2.36. The number of rotatable bonds is 6. The summed E-state index contributed by atoms with van der Waals surface area (Å²) in [5, 5.41) is 0.502. The van der Waals surface area contributed by atoms with E-state index >= 15 is 0 Å². The molecular weight excluding hydrogens is 476 g/mol. The Labute approximate surface area is 193 Å². The fourth-order valence-electron chi connectivity index (χ4n) is 3.11. The van der Waals surface area contributed by atoms with Gasteiger partial charge in [-0.05, 0) is 35.4 Å². The summed E-state index contributed by atoms with van der Waals surface area (Å²) in [4.78, 5) is 21.9. The van der Waals surface area contributed by atoms with Crippen LogP contribution in [0.25, 0.3) is 16.3 Å². The summed E-state index contributed by atoms with van der Waals surface area (Å²) in [5.41, 5.74) is 1.23. The first kappa shape index (κ1) is 22.5. The molecule has 0 radical (unpaired) electrons. The van der Waals surface area contributed by atoms with Gasteiger partial charge in [0.2, 0.25) is 5.28 Å². The van der Waals surface area contributed by atoms with E-state index < -0.39 is 16.0 Å². The van der Waals surface area contributed by atoms with Crippen molar-refractivity contribution in [3.63, 3.8) is 0 Å². The van der Waals surface area contributed by atoms with Crippen LogP contribution in [0.15, 0.2) is 41.3 Å². The van der Waals surface area contributed by atoms with Crippen LogP contribution >= 0.6 is 22.9 Å². The molecule has 1 N–H and O–H groups in total. The minimum atomic E-state index is -3.83. The van der Waals surface area contributed by atoms with Crippen molar-refractivity contribution in [3.8, 4) is 0 Å². The maximum atomic E-state index is 12.9. The molecule has 32 heavy (non-hydrogen) atoms. The predicted octanol–water partition coefficient (Wildman–Crippen LogP) is 3.17. The molecule has 0 saturated carbocycles. The number of ether oxygens (including phenoxy) is 2. The molecule has 3 aromatic rings. The second-order valence-electron chi connectivity index (χ2n) is 6.77. The number of esters is 1. The Kier molecular flexibility index (Phi) is 6.60. The third-order valence-electron chi connectivity index (χ3n) is 4.68. The van der Waals surface area contributed by atoms with E-state index in [1.54, 1.807) is 18.2 Å². The zero-order valence-corrected chi connectivity index (χ0v) is 19.3. The Morgan fingerprint density at radius 1 is 1.25 bits per heavy atom. The second-order valence-corrected chi connectivity index (χ2v) is 9.84. The maximum Gasteiger partial charge on any atom is 0.330 e. The quantitative estimate of drug-likeness (QED) is 0.316. The first-order valence-electron chi connectivity index (χ1n) is 9.54. The number of thiophene rings is 1. The Hall–Kier alpha value is -2.73. The fraction of sp³-hybridized carbons (Fsp3) is 0.250. The monoisotopic (exact) mass is 494 g/mol. The van der Waals surface area contributed by atoms with E-state index in [2.05, 4.69) is 24.3 Å². The lowest BCUT2D eigenvalue weighted by Gasteiger charge is -2.28. The third-order valence-corrected chi connectivity index (χ3v) is 7.39. The molecule has 12 heteroatoms. The number of hydrogen-bond donors (Lipinski definition) is 1. The van der Waals surface area contributed by atoms with Gasteiger partial charge in [-0.2, -0.15) is 4.98 Å². The molecule has 2 aromatic heterocycles. The van der Waals surface area contributed by atoms with Crippen molar-refractivity contribution in [2.24, 2.45) is 0 Å². The van der Waals surface area contributed by atoms with Crippen LogP contribution in [-0.4, -0.2) is 57.8 Å². The second kappa shape index (κ2) is 9.41. The van der Waals surface area contributed by atoms with Gasteiger partial charge in [0.1, 0.15) is 5.00 Å². The summed E-state index contributed by atoms with van der Waals surface area (Å²) in [6.07, 6.45) is 2.80. The van der Waals surface area contributed by atoms with E-state index in [4.69, 9.17) is 16.3 Å². The number of fused-ring (bicyclic) bond motifs is 1. The molecule has 1 saturated heterocycles. The average Bonchev–Trinajstić information content (AvgIpc) is 3.19. The number of carbonyl (C=O) groups excluding carboxylic acids is 1. The molecule has 0 unspecified atom stereocenters. The predicted molar refractivity (Wildman–Crippen MR) is 124 cm³/mol. The number of benzene rings is 1. The first-order chi connectivity index (χ1) is 15.4. The summed E-state index contributed by atoms with van der Waals surface area (Å²) in [6.45, 7) is 2.49. The lowest BCUT2D eigenvalue weighted by Crippen LogP contribution is -2.36. The summed E-state index contributed by atoms with van der Waals surface area (Å²) >= 11 is 7.35. The van der Waals surface area contributed by atoms with E-state index in [-0.39, 0.29) is 10.2 Å². The highest BCUT2D eigenvalue weighted by atomic mass is 35.5. The summed E-state index contributed by atoms with van der Waals surface area (Å²) in [5.74, 6) is 0.174. The minimum absolute atomic E-state index is 0.0858. The maximum absolute atomic E-state index is 12.9. The number of sulfonamides is 1. The molecule has 0 atom stereocenters. The van der Waals surface area contributed by atoms with Crippen LogP contribution in [-0.2, 0) is 24.3 Å². The molecule has 4 rings (SSSR count). The van der Waals surface area contributed by atoms with E-state index in [0.29, 0.717) is 48.2 Å². The number of carbonyl (C=O) groups is 1. The average molecular weight is 495 g/mol. The van der Waals surface area contributed by atoms with Crippen molar-refractivity contribution in [2.75, 3.05) is 43.0 Å². The standard InChI is InChI=1S/C20H19ClN4O5S2/c1-29-17(26)7-4-13-2-5-14(6-3-13)32(27,28)24-16-12-15-18(31-16)19(23-20(21)22-15)25-8-10-30-11-9-25/h2-7,12,24H,8-11H2,1H3/b7-4+. The normalized spacial score (nSPS) is 14.8. The first-order valence-corrected chi connectivity index (χ1v) is 12.2. The Balaban J connectivity index is 1.58. The molecule has 1 fully saturated rings. The van der Waals surface area contributed by atoms with E-state index in [0.717, 1.165) is 4.70 Å². The van der Waals surface area contributed by atoms with Gasteiger partial charge in [-0.25, -0.2) is 18.2 Å². The van der Waals surface area contributed by atoms with Crippen molar-refractivity contribution in [3.05, 3.63) is 47.3 Å². The molecule has 1 aliphatic rings. The van der Waals surface area contributed by atoms with Gasteiger partial charge in [-0.3, -0.25) is 4.72 Å². The smallest absolute Gasteiger partial charge is 0.330 e. The number of nitrogens with zero attached hydrogens (tertiary/aromatic N) is 3. The van der Waals surface area contributed by atoms with E-state index in [1.165, 1.54) is 42.7 Å². The minimum Gasteiger partial charge on any atom is -0.466 e. The lowest BCUT2D eigenvalue weighted by atomic mass is 10.2. The molecule has 1 aliphatic heterocycles. The fourth-order valence-corrected chi connectivity index (χ4v) is 5.58. The Morgan fingerprint density at radius 3 is 2.66 bits per heavy atom. The van der Waals surface area contributed by atoms with Gasteiger partial charge in [-0.1, -0.05) is 12.1 Å². The van der Waals surface area contributed by atoms with Gasteiger partial charge >= 0.3 is 5.97 Å². The number of aromatic nitrogens is 2. The Bertz CT molecular complexity index is 1270. The lowest BCUT2D eigenvalue weighted by molar-refractivity contribution is -0.134. The molecule has 9 nitrogen and oxygen atoms in total. The van der Waals surface area contributed by atoms with Crippen LogP contribution in [0.1, 0.15) is 5.56 Å². The number of methoxy groups -OCH3 is 1. The molecular formula is C20H19ClN4O5S2. The van der Waals surface area contributed by atoms with Crippen LogP contribution in [0, 0.1) is 0 Å². The summed E-state index contributed by atoms with van der Waals surface area (Å²) in [7, 11) is -2.55.